The van der Waals surface area contributed by atoms with E-state index in [9.17, 15) is 22.2 Å². The Balaban J connectivity index is 2.79. The molecule has 0 N–H and O–H groups in total. The lowest BCUT2D eigenvalue weighted by molar-refractivity contribution is -0.0374. The van der Waals surface area contributed by atoms with Crippen molar-refractivity contribution in [1.82, 2.24) is 0 Å². The molecule has 0 bridgehead atoms. The van der Waals surface area contributed by atoms with Gasteiger partial charge in [-0.15, -0.1) is 0 Å². The van der Waals surface area contributed by atoms with Crippen molar-refractivity contribution >= 4 is 22.8 Å². The summed E-state index contributed by atoms with van der Waals surface area (Å²) in [5.74, 6) is -0.538. The molecule has 7 heteroatoms. The number of methoxy groups -OCH3 is 1. The number of rotatable bonds is 3. The van der Waals surface area contributed by atoms with Gasteiger partial charge in [-0.3, -0.25) is 0 Å². The average Bonchev–Trinajstić information content (AvgIpc) is 2.34. The molecule has 0 aliphatic carbocycles. The second-order valence-corrected chi connectivity index (χ2v) is 4.49. The lowest BCUT2D eigenvalue weighted by Gasteiger charge is -2.01. The van der Waals surface area contributed by atoms with Crippen molar-refractivity contribution in [3.63, 3.8) is 0 Å². The zero-order chi connectivity index (χ0) is 13.8. The Morgan fingerprint density at radius 1 is 1.28 bits per heavy atom. The molecule has 18 heavy (non-hydrogen) atoms. The number of hydrogen-bond donors (Lipinski definition) is 0. The van der Waals surface area contributed by atoms with Gasteiger partial charge in [-0.1, -0.05) is 12.1 Å². The summed E-state index contributed by atoms with van der Waals surface area (Å²) >= 11 is 0. The maximum Gasteiger partial charge on any atom is 0.475 e. The van der Waals surface area contributed by atoms with Crippen molar-refractivity contribution in [2.24, 2.45) is 0 Å². The largest absolute Gasteiger partial charge is 0.475 e. The zero-order valence-electron chi connectivity index (χ0n) is 9.23. The van der Waals surface area contributed by atoms with Gasteiger partial charge in [-0.25, -0.2) is 9.00 Å². The molecule has 0 aliphatic heterocycles. The highest BCUT2D eigenvalue weighted by Crippen LogP contribution is 2.21. The molecule has 1 unspecified atom stereocenters. The van der Waals surface area contributed by atoms with Crippen LogP contribution in [-0.4, -0.2) is 22.8 Å². The first-order valence-corrected chi connectivity index (χ1v) is 5.90. The van der Waals surface area contributed by atoms with Gasteiger partial charge in [0.25, 0.3) is 0 Å². The van der Waals surface area contributed by atoms with E-state index in [1.165, 1.54) is 31.4 Å². The Bertz CT molecular complexity index is 477. The Morgan fingerprint density at radius 3 is 2.28 bits per heavy atom. The number of carbonyl (C=O) groups is 1. The van der Waals surface area contributed by atoms with Crippen LogP contribution in [0.1, 0.15) is 15.9 Å². The molecule has 0 saturated heterocycles. The number of esters is 1. The number of carbonyl (C=O) groups excluding carboxylic acids is 1. The van der Waals surface area contributed by atoms with E-state index in [0.29, 0.717) is 11.0 Å². The third-order valence-corrected chi connectivity index (χ3v) is 2.78. The number of alkyl halides is 3. The van der Waals surface area contributed by atoms with Crippen molar-refractivity contribution in [2.45, 2.75) is 5.51 Å². The summed E-state index contributed by atoms with van der Waals surface area (Å²) in [5.41, 5.74) is -4.07. The SMILES string of the molecule is COC(=O)c1ccc(/C=C/S(=O)C(F)(F)F)cc1. The third-order valence-electron chi connectivity index (χ3n) is 1.94. The monoisotopic (exact) mass is 278 g/mol. The quantitative estimate of drug-likeness (QED) is 0.798. The van der Waals surface area contributed by atoms with E-state index in [4.69, 9.17) is 0 Å². The highest BCUT2D eigenvalue weighted by molar-refractivity contribution is 7.89. The fraction of sp³-hybridized carbons (Fsp3) is 0.182. The van der Waals surface area contributed by atoms with Gasteiger partial charge < -0.3 is 4.74 Å². The van der Waals surface area contributed by atoms with Crippen LogP contribution >= 0.6 is 0 Å². The Labute approximate surface area is 104 Å². The zero-order valence-corrected chi connectivity index (χ0v) is 10.0. The van der Waals surface area contributed by atoms with Gasteiger partial charge in [0.1, 0.15) is 0 Å². The maximum atomic E-state index is 12.0. The van der Waals surface area contributed by atoms with E-state index < -0.39 is 22.3 Å². The van der Waals surface area contributed by atoms with Gasteiger partial charge in [0.15, 0.2) is 10.8 Å². The first-order chi connectivity index (χ1) is 8.34. The summed E-state index contributed by atoms with van der Waals surface area (Å²) in [6.07, 6.45) is 1.07. The van der Waals surface area contributed by atoms with E-state index in [0.717, 1.165) is 6.08 Å². The van der Waals surface area contributed by atoms with Crippen LogP contribution in [0, 0.1) is 0 Å². The van der Waals surface area contributed by atoms with Gasteiger partial charge in [0.2, 0.25) is 0 Å². The molecule has 3 nitrogen and oxygen atoms in total. The third kappa shape index (κ3) is 3.99. The predicted molar refractivity (Wildman–Crippen MR) is 61.0 cm³/mol. The molecule has 0 spiro atoms. The minimum absolute atomic E-state index is 0.284. The van der Waals surface area contributed by atoms with E-state index in [1.54, 1.807) is 0 Å². The lowest BCUT2D eigenvalue weighted by atomic mass is 10.1. The standard InChI is InChI=1S/C11H9F3O3S/c1-17-10(15)9-4-2-8(3-5-9)6-7-18(16)11(12,13)14/h2-7H,1H3/b7-6+. The molecule has 0 fully saturated rings. The molecule has 0 saturated carbocycles. The number of benzene rings is 1. The van der Waals surface area contributed by atoms with Crippen molar-refractivity contribution < 1.29 is 26.9 Å². The Morgan fingerprint density at radius 2 is 1.83 bits per heavy atom. The van der Waals surface area contributed by atoms with Crippen LogP contribution < -0.4 is 0 Å². The fourth-order valence-corrected chi connectivity index (χ4v) is 1.50. The summed E-state index contributed by atoms with van der Waals surface area (Å²) in [6, 6.07) is 5.66. The minimum Gasteiger partial charge on any atom is -0.465 e. The topological polar surface area (TPSA) is 43.4 Å². The van der Waals surface area contributed by atoms with Crippen LogP contribution in [0.25, 0.3) is 6.08 Å². The molecule has 98 valence electrons. The Hall–Kier alpha value is -1.63. The maximum absolute atomic E-state index is 12.0. The lowest BCUT2D eigenvalue weighted by Crippen LogP contribution is -2.13. The molecule has 0 aromatic heterocycles. The molecule has 0 heterocycles. The fourth-order valence-electron chi connectivity index (χ4n) is 1.07. The smallest absolute Gasteiger partial charge is 0.465 e. The van der Waals surface area contributed by atoms with Crippen LogP contribution in [0.15, 0.2) is 29.7 Å². The van der Waals surface area contributed by atoms with Crippen molar-refractivity contribution in [1.29, 1.82) is 0 Å². The first kappa shape index (κ1) is 14.4. The molecule has 1 atom stereocenters. The van der Waals surface area contributed by atoms with Crippen molar-refractivity contribution in [2.75, 3.05) is 7.11 Å². The second-order valence-electron chi connectivity index (χ2n) is 3.16. The summed E-state index contributed by atoms with van der Waals surface area (Å²) in [7, 11) is -1.80. The van der Waals surface area contributed by atoms with E-state index in [-0.39, 0.29) is 5.56 Å². The van der Waals surface area contributed by atoms with E-state index in [2.05, 4.69) is 4.74 Å². The number of halogens is 3. The highest BCUT2D eigenvalue weighted by Gasteiger charge is 2.34. The van der Waals surface area contributed by atoms with E-state index in [1.807, 2.05) is 0 Å². The molecular weight excluding hydrogens is 269 g/mol. The molecule has 0 radical (unpaired) electrons. The van der Waals surface area contributed by atoms with Crippen LogP contribution in [0.2, 0.25) is 0 Å². The average molecular weight is 278 g/mol. The summed E-state index contributed by atoms with van der Waals surface area (Å²) in [5, 5.41) is 0.549. The molecule has 1 aromatic carbocycles. The predicted octanol–water partition coefficient (Wildman–Crippen LogP) is 2.71. The summed E-state index contributed by atoms with van der Waals surface area (Å²) in [6.45, 7) is 0. The normalized spacial score (nSPS) is 13.6. The van der Waals surface area contributed by atoms with E-state index >= 15 is 0 Å². The second kappa shape index (κ2) is 5.81. The molecule has 0 aliphatic rings. The highest BCUT2D eigenvalue weighted by atomic mass is 32.2. The van der Waals surface area contributed by atoms with Crippen LogP contribution in [0.3, 0.4) is 0 Å². The van der Waals surface area contributed by atoms with Crippen molar-refractivity contribution in [3.05, 3.63) is 40.8 Å². The van der Waals surface area contributed by atoms with Gasteiger partial charge in [0, 0.05) is 5.41 Å². The van der Waals surface area contributed by atoms with Gasteiger partial charge in [0.05, 0.1) is 12.7 Å². The first-order valence-electron chi connectivity index (χ1n) is 4.68. The van der Waals surface area contributed by atoms with Crippen LogP contribution in [0.5, 0.6) is 0 Å². The Kier molecular flexibility index (Phi) is 4.66. The van der Waals surface area contributed by atoms with Gasteiger partial charge >= 0.3 is 11.5 Å². The van der Waals surface area contributed by atoms with Crippen LogP contribution in [-0.2, 0) is 15.5 Å². The number of hydrogen-bond acceptors (Lipinski definition) is 3. The summed E-state index contributed by atoms with van der Waals surface area (Å²) < 4.78 is 51.0. The molecule has 0 amide bonds. The molecule has 1 aromatic rings. The summed E-state index contributed by atoms with van der Waals surface area (Å²) in [4.78, 5) is 11.1. The van der Waals surface area contributed by atoms with Gasteiger partial charge in [-0.2, -0.15) is 13.2 Å². The molecule has 1 rings (SSSR count). The van der Waals surface area contributed by atoms with Crippen molar-refractivity contribution in [3.8, 4) is 0 Å². The van der Waals surface area contributed by atoms with Crippen LogP contribution in [0.4, 0.5) is 13.2 Å². The van der Waals surface area contributed by atoms with Gasteiger partial charge in [-0.05, 0) is 23.8 Å². The molecular formula is C11H9F3O3S. The minimum atomic E-state index is -4.76. The number of ether oxygens (including phenoxy) is 1.